The molecule has 4 nitrogen and oxygen atoms in total. The van der Waals surface area contributed by atoms with Crippen molar-refractivity contribution in [3.63, 3.8) is 0 Å². The van der Waals surface area contributed by atoms with Gasteiger partial charge in [-0.2, -0.15) is 0 Å². The minimum absolute atomic E-state index is 0.577. The van der Waals surface area contributed by atoms with E-state index in [0.717, 1.165) is 25.7 Å². The molecule has 0 saturated carbocycles. The Hall–Kier alpha value is -1.13. The van der Waals surface area contributed by atoms with Gasteiger partial charge in [-0.25, -0.2) is 0 Å². The van der Waals surface area contributed by atoms with Crippen LogP contribution in [0.15, 0.2) is 18.5 Å². The molecule has 0 amide bonds. The van der Waals surface area contributed by atoms with Crippen molar-refractivity contribution in [2.45, 2.75) is 51.7 Å². The van der Waals surface area contributed by atoms with Crippen molar-refractivity contribution in [2.75, 3.05) is 31.1 Å². The van der Waals surface area contributed by atoms with Gasteiger partial charge in [0.05, 0.1) is 11.9 Å². The van der Waals surface area contributed by atoms with Gasteiger partial charge in [-0.15, -0.1) is 0 Å². The van der Waals surface area contributed by atoms with Crippen LogP contribution in [0.3, 0.4) is 0 Å². The lowest BCUT2D eigenvalue weighted by atomic mass is 10.1. The Morgan fingerprint density at radius 3 is 3.14 bits per heavy atom. The van der Waals surface area contributed by atoms with Crippen molar-refractivity contribution in [1.82, 2.24) is 15.2 Å². The third kappa shape index (κ3) is 3.22. The van der Waals surface area contributed by atoms with Crippen LogP contribution in [0.25, 0.3) is 0 Å². The number of nitrogens with zero attached hydrogens (tertiary/aromatic N) is 3. The number of hydrogen-bond donors (Lipinski definition) is 1. The number of hydrogen-bond acceptors (Lipinski definition) is 4. The lowest BCUT2D eigenvalue weighted by molar-refractivity contribution is 0.202. The van der Waals surface area contributed by atoms with Gasteiger partial charge >= 0.3 is 0 Å². The van der Waals surface area contributed by atoms with Crippen LogP contribution in [0, 0.1) is 0 Å². The molecule has 21 heavy (non-hydrogen) atoms. The molecular formula is C17H28N4. The zero-order valence-electron chi connectivity index (χ0n) is 13.4. The van der Waals surface area contributed by atoms with Crippen LogP contribution in [0.5, 0.6) is 0 Å². The Morgan fingerprint density at radius 2 is 2.29 bits per heavy atom. The van der Waals surface area contributed by atoms with Crippen molar-refractivity contribution in [2.24, 2.45) is 0 Å². The quantitative estimate of drug-likeness (QED) is 0.842. The number of fused-ring (bicyclic) bond motifs is 1. The molecule has 0 spiro atoms. The number of nitrogens with one attached hydrogen (secondary N) is 1. The third-order valence-electron chi connectivity index (χ3n) is 4.88. The zero-order valence-corrected chi connectivity index (χ0v) is 13.4. The summed E-state index contributed by atoms with van der Waals surface area (Å²) >= 11 is 0. The summed E-state index contributed by atoms with van der Waals surface area (Å²) in [5.74, 6) is 0. The molecule has 0 aromatic carbocycles. The maximum absolute atomic E-state index is 4.39. The minimum Gasteiger partial charge on any atom is -0.364 e. The summed E-state index contributed by atoms with van der Waals surface area (Å²) in [6.45, 7) is 10.2. The van der Waals surface area contributed by atoms with Gasteiger partial charge in [-0.3, -0.25) is 9.88 Å². The second-order valence-corrected chi connectivity index (χ2v) is 6.47. The zero-order chi connectivity index (χ0) is 14.7. The molecule has 116 valence electrons. The smallest absolute Gasteiger partial charge is 0.0601 e. The van der Waals surface area contributed by atoms with Crippen molar-refractivity contribution in [3.05, 3.63) is 24.0 Å². The number of piperazine rings is 1. The SMILES string of the molecule is CCCNCc1ccncc1N1CC2CCCN2CC1C. The largest absolute Gasteiger partial charge is 0.364 e. The molecule has 4 heteroatoms. The molecular weight excluding hydrogens is 260 g/mol. The predicted octanol–water partition coefficient (Wildman–Crippen LogP) is 2.25. The monoisotopic (exact) mass is 288 g/mol. The molecule has 2 aliphatic heterocycles. The van der Waals surface area contributed by atoms with Crippen molar-refractivity contribution >= 4 is 5.69 Å². The molecule has 2 atom stereocenters. The number of aromatic nitrogens is 1. The van der Waals surface area contributed by atoms with Crippen molar-refractivity contribution in [1.29, 1.82) is 0 Å². The molecule has 0 radical (unpaired) electrons. The van der Waals surface area contributed by atoms with E-state index in [-0.39, 0.29) is 0 Å². The Balaban J connectivity index is 1.75. The molecule has 2 fully saturated rings. The van der Waals surface area contributed by atoms with Crippen LogP contribution in [-0.2, 0) is 6.54 Å². The van der Waals surface area contributed by atoms with Crippen molar-refractivity contribution in [3.8, 4) is 0 Å². The summed E-state index contributed by atoms with van der Waals surface area (Å²) in [6.07, 6.45) is 7.88. The normalized spacial score (nSPS) is 26.1. The molecule has 0 aliphatic carbocycles. The standard InChI is InChI=1S/C17H28N4/c1-3-7-18-10-15-6-8-19-11-17(15)21-13-16-5-4-9-20(16)12-14(21)2/h6,8,11,14,16,18H,3-5,7,9-10,12-13H2,1-2H3. The van der Waals surface area contributed by atoms with Crippen LogP contribution < -0.4 is 10.2 Å². The molecule has 0 bridgehead atoms. The van der Waals surface area contributed by atoms with E-state index in [1.54, 1.807) is 0 Å². The minimum atomic E-state index is 0.577. The summed E-state index contributed by atoms with van der Waals surface area (Å²) in [7, 11) is 0. The highest BCUT2D eigenvalue weighted by Gasteiger charge is 2.35. The lowest BCUT2D eigenvalue weighted by Gasteiger charge is -2.44. The number of rotatable bonds is 5. The van der Waals surface area contributed by atoms with Gasteiger partial charge in [0.1, 0.15) is 0 Å². The number of pyridine rings is 1. The van der Waals surface area contributed by atoms with Crippen LogP contribution in [-0.4, -0.2) is 48.1 Å². The molecule has 2 aliphatic rings. The van der Waals surface area contributed by atoms with E-state index in [0.29, 0.717) is 6.04 Å². The average molecular weight is 288 g/mol. The molecule has 2 unspecified atom stereocenters. The molecule has 1 aromatic heterocycles. The van der Waals surface area contributed by atoms with E-state index in [1.165, 1.54) is 43.6 Å². The predicted molar refractivity (Wildman–Crippen MR) is 87.6 cm³/mol. The topological polar surface area (TPSA) is 31.4 Å². The highest BCUT2D eigenvalue weighted by atomic mass is 15.3. The van der Waals surface area contributed by atoms with Gasteiger partial charge < -0.3 is 10.2 Å². The van der Waals surface area contributed by atoms with Crippen LogP contribution in [0.2, 0.25) is 0 Å². The van der Waals surface area contributed by atoms with Gasteiger partial charge in [-0.05, 0) is 50.9 Å². The molecule has 1 N–H and O–H groups in total. The van der Waals surface area contributed by atoms with E-state index < -0.39 is 0 Å². The summed E-state index contributed by atoms with van der Waals surface area (Å²) in [4.78, 5) is 9.64. The first kappa shape index (κ1) is 14.8. The van der Waals surface area contributed by atoms with E-state index in [2.05, 4.69) is 46.2 Å². The molecule has 1 aromatic rings. The third-order valence-corrected chi connectivity index (χ3v) is 4.88. The number of anilines is 1. The Labute approximate surface area is 128 Å². The first-order chi connectivity index (χ1) is 10.3. The highest BCUT2D eigenvalue weighted by molar-refractivity contribution is 5.53. The fraction of sp³-hybridized carbons (Fsp3) is 0.706. The maximum Gasteiger partial charge on any atom is 0.0601 e. The molecule has 2 saturated heterocycles. The average Bonchev–Trinajstić information content (AvgIpc) is 2.94. The summed E-state index contributed by atoms with van der Waals surface area (Å²) in [5.41, 5.74) is 2.72. The summed E-state index contributed by atoms with van der Waals surface area (Å²) < 4.78 is 0. The van der Waals surface area contributed by atoms with Gasteiger partial charge in [0, 0.05) is 37.9 Å². The maximum atomic E-state index is 4.39. The van der Waals surface area contributed by atoms with Crippen LogP contribution in [0.1, 0.15) is 38.7 Å². The Morgan fingerprint density at radius 1 is 1.38 bits per heavy atom. The Kier molecular flexibility index (Phi) is 4.76. The van der Waals surface area contributed by atoms with Gasteiger partial charge in [0.2, 0.25) is 0 Å². The van der Waals surface area contributed by atoms with Crippen LogP contribution >= 0.6 is 0 Å². The van der Waals surface area contributed by atoms with E-state index in [4.69, 9.17) is 0 Å². The fourth-order valence-electron chi connectivity index (χ4n) is 3.75. The Bertz CT molecular complexity index is 462. The van der Waals surface area contributed by atoms with Gasteiger partial charge in [-0.1, -0.05) is 6.92 Å². The van der Waals surface area contributed by atoms with E-state index >= 15 is 0 Å². The first-order valence-corrected chi connectivity index (χ1v) is 8.44. The van der Waals surface area contributed by atoms with Gasteiger partial charge in [0.25, 0.3) is 0 Å². The lowest BCUT2D eigenvalue weighted by Crippen LogP contribution is -2.55. The summed E-state index contributed by atoms with van der Waals surface area (Å²) in [5, 5.41) is 3.53. The molecule has 3 rings (SSSR count). The van der Waals surface area contributed by atoms with E-state index in [1.807, 2.05) is 6.20 Å². The summed E-state index contributed by atoms with van der Waals surface area (Å²) in [6, 6.07) is 3.50. The van der Waals surface area contributed by atoms with Gasteiger partial charge in [0.15, 0.2) is 0 Å². The first-order valence-electron chi connectivity index (χ1n) is 8.44. The fourth-order valence-corrected chi connectivity index (χ4v) is 3.75. The van der Waals surface area contributed by atoms with Crippen molar-refractivity contribution < 1.29 is 0 Å². The molecule has 3 heterocycles. The second-order valence-electron chi connectivity index (χ2n) is 6.47. The van der Waals surface area contributed by atoms with E-state index in [9.17, 15) is 0 Å². The highest BCUT2D eigenvalue weighted by Crippen LogP contribution is 2.30. The second kappa shape index (κ2) is 6.75. The van der Waals surface area contributed by atoms with Crippen LogP contribution in [0.4, 0.5) is 5.69 Å².